The second-order valence-corrected chi connectivity index (χ2v) is 3.72. The molecule has 0 aromatic heterocycles. The summed E-state index contributed by atoms with van der Waals surface area (Å²) in [6.45, 7) is 6.35. The Kier molecular flexibility index (Phi) is 2.48. The average molecular weight is 152 g/mol. The van der Waals surface area contributed by atoms with Crippen molar-refractivity contribution in [3.63, 3.8) is 0 Å². The molecule has 0 N–H and O–H groups in total. The van der Waals surface area contributed by atoms with Crippen molar-refractivity contribution in [2.45, 2.75) is 33.6 Å². The van der Waals surface area contributed by atoms with Crippen molar-refractivity contribution in [3.05, 3.63) is 11.6 Å². The predicted molar refractivity (Wildman–Crippen MR) is 46.3 cm³/mol. The summed E-state index contributed by atoms with van der Waals surface area (Å²) in [4.78, 5) is 11.1. The molecule has 1 heteroatoms. The lowest BCUT2D eigenvalue weighted by Crippen LogP contribution is -2.16. The number of Topliss-reactive ketones (excluding diaryl/α,β-unsaturated/α-hetero) is 1. The van der Waals surface area contributed by atoms with Crippen LogP contribution in [0.25, 0.3) is 0 Å². The van der Waals surface area contributed by atoms with Gasteiger partial charge in [-0.05, 0) is 30.8 Å². The first kappa shape index (κ1) is 8.51. The molecule has 0 aromatic carbocycles. The molecule has 0 amide bonds. The lowest BCUT2D eigenvalue weighted by atomic mass is 9.83. The normalized spacial score (nSPS) is 25.6. The van der Waals surface area contributed by atoms with E-state index < -0.39 is 0 Å². The fourth-order valence-electron chi connectivity index (χ4n) is 1.52. The topological polar surface area (TPSA) is 17.1 Å². The summed E-state index contributed by atoms with van der Waals surface area (Å²) in [6, 6.07) is 0. The van der Waals surface area contributed by atoms with E-state index in [0.29, 0.717) is 17.6 Å². The van der Waals surface area contributed by atoms with E-state index in [2.05, 4.69) is 19.9 Å². The summed E-state index contributed by atoms with van der Waals surface area (Å²) in [7, 11) is 0. The molecule has 1 aliphatic rings. The molecule has 1 aliphatic carbocycles. The van der Waals surface area contributed by atoms with E-state index in [1.165, 1.54) is 0 Å². The van der Waals surface area contributed by atoms with Crippen molar-refractivity contribution < 1.29 is 4.79 Å². The fourth-order valence-corrected chi connectivity index (χ4v) is 1.52. The second-order valence-electron chi connectivity index (χ2n) is 3.72. The molecule has 0 saturated heterocycles. The Morgan fingerprint density at radius 1 is 1.55 bits per heavy atom. The molecule has 0 saturated carbocycles. The summed E-state index contributed by atoms with van der Waals surface area (Å²) < 4.78 is 0. The SMILES string of the molecule is CC1=C[C@H](C(C)C)CCC1=O. The maximum atomic E-state index is 11.1. The molecular weight excluding hydrogens is 136 g/mol. The number of carbonyl (C=O) groups is 1. The van der Waals surface area contributed by atoms with Crippen LogP contribution in [0.5, 0.6) is 0 Å². The molecule has 0 heterocycles. The Balaban J connectivity index is 2.69. The Morgan fingerprint density at radius 2 is 2.18 bits per heavy atom. The lowest BCUT2D eigenvalue weighted by molar-refractivity contribution is -0.116. The minimum absolute atomic E-state index is 0.335. The Hall–Kier alpha value is -0.590. The lowest BCUT2D eigenvalue weighted by Gasteiger charge is -2.21. The van der Waals surface area contributed by atoms with Gasteiger partial charge in [-0.3, -0.25) is 4.79 Å². The van der Waals surface area contributed by atoms with Gasteiger partial charge in [0, 0.05) is 6.42 Å². The molecule has 0 fully saturated rings. The van der Waals surface area contributed by atoms with Crippen molar-refractivity contribution in [2.24, 2.45) is 11.8 Å². The van der Waals surface area contributed by atoms with E-state index in [-0.39, 0.29) is 0 Å². The van der Waals surface area contributed by atoms with Gasteiger partial charge in [0.15, 0.2) is 5.78 Å². The maximum absolute atomic E-state index is 11.1. The van der Waals surface area contributed by atoms with Gasteiger partial charge in [0.25, 0.3) is 0 Å². The molecule has 0 radical (unpaired) electrons. The number of ketones is 1. The summed E-state index contributed by atoms with van der Waals surface area (Å²) >= 11 is 0. The van der Waals surface area contributed by atoms with E-state index in [0.717, 1.165) is 18.4 Å². The van der Waals surface area contributed by atoms with Crippen molar-refractivity contribution in [3.8, 4) is 0 Å². The van der Waals surface area contributed by atoms with Gasteiger partial charge in [0.1, 0.15) is 0 Å². The van der Waals surface area contributed by atoms with Gasteiger partial charge in [-0.15, -0.1) is 0 Å². The number of carbonyl (C=O) groups excluding carboxylic acids is 1. The molecule has 1 rings (SSSR count). The van der Waals surface area contributed by atoms with Gasteiger partial charge in [-0.2, -0.15) is 0 Å². The minimum Gasteiger partial charge on any atom is -0.295 e. The molecule has 0 spiro atoms. The predicted octanol–water partition coefficient (Wildman–Crippen LogP) is 2.57. The zero-order valence-electron chi connectivity index (χ0n) is 7.55. The summed E-state index contributed by atoms with van der Waals surface area (Å²) in [5.41, 5.74) is 0.968. The van der Waals surface area contributed by atoms with Crippen LogP contribution in [0.1, 0.15) is 33.6 Å². The van der Waals surface area contributed by atoms with Crippen LogP contribution < -0.4 is 0 Å². The third kappa shape index (κ3) is 1.92. The summed E-state index contributed by atoms with van der Waals surface area (Å²) in [5.74, 6) is 1.65. The van der Waals surface area contributed by atoms with E-state index in [1.54, 1.807) is 0 Å². The number of hydrogen-bond acceptors (Lipinski definition) is 1. The number of hydrogen-bond donors (Lipinski definition) is 0. The third-order valence-electron chi connectivity index (χ3n) is 2.46. The monoisotopic (exact) mass is 152 g/mol. The highest BCUT2D eigenvalue weighted by Gasteiger charge is 2.19. The van der Waals surface area contributed by atoms with Crippen molar-refractivity contribution >= 4 is 5.78 Å². The Bertz CT molecular complexity index is 189. The van der Waals surface area contributed by atoms with E-state index in [1.807, 2.05) is 6.92 Å². The smallest absolute Gasteiger partial charge is 0.158 e. The zero-order valence-corrected chi connectivity index (χ0v) is 7.55. The zero-order chi connectivity index (χ0) is 8.43. The van der Waals surface area contributed by atoms with E-state index in [9.17, 15) is 4.79 Å². The highest BCUT2D eigenvalue weighted by Crippen LogP contribution is 2.25. The van der Waals surface area contributed by atoms with Gasteiger partial charge in [0.2, 0.25) is 0 Å². The van der Waals surface area contributed by atoms with Gasteiger partial charge in [0.05, 0.1) is 0 Å². The van der Waals surface area contributed by atoms with Crippen LogP contribution in [0.2, 0.25) is 0 Å². The molecule has 0 unspecified atom stereocenters. The molecule has 0 aromatic rings. The standard InChI is InChI=1S/C10H16O/c1-7(2)9-4-5-10(11)8(3)6-9/h6-7,9H,4-5H2,1-3H3/t9-/m1/s1. The van der Waals surface area contributed by atoms with E-state index >= 15 is 0 Å². The van der Waals surface area contributed by atoms with Crippen LogP contribution in [0, 0.1) is 11.8 Å². The highest BCUT2D eigenvalue weighted by atomic mass is 16.1. The third-order valence-corrected chi connectivity index (χ3v) is 2.46. The average Bonchev–Trinajstić information content (AvgIpc) is 1.94. The van der Waals surface area contributed by atoms with Crippen LogP contribution in [0.4, 0.5) is 0 Å². The fraction of sp³-hybridized carbons (Fsp3) is 0.700. The Morgan fingerprint density at radius 3 is 2.64 bits per heavy atom. The largest absolute Gasteiger partial charge is 0.295 e. The van der Waals surface area contributed by atoms with E-state index in [4.69, 9.17) is 0 Å². The molecule has 62 valence electrons. The van der Waals surface area contributed by atoms with Gasteiger partial charge >= 0.3 is 0 Å². The molecule has 0 aliphatic heterocycles. The molecule has 1 atom stereocenters. The molecule has 0 bridgehead atoms. The van der Waals surface area contributed by atoms with Crippen LogP contribution in [0.3, 0.4) is 0 Å². The van der Waals surface area contributed by atoms with Crippen molar-refractivity contribution in [2.75, 3.05) is 0 Å². The number of allylic oxidation sites excluding steroid dienone is 2. The van der Waals surface area contributed by atoms with Gasteiger partial charge in [-0.25, -0.2) is 0 Å². The first-order chi connectivity index (χ1) is 5.11. The van der Waals surface area contributed by atoms with Crippen LogP contribution in [-0.4, -0.2) is 5.78 Å². The van der Waals surface area contributed by atoms with Crippen molar-refractivity contribution in [1.82, 2.24) is 0 Å². The highest BCUT2D eigenvalue weighted by molar-refractivity contribution is 5.95. The molecular formula is C10H16O. The maximum Gasteiger partial charge on any atom is 0.158 e. The van der Waals surface area contributed by atoms with Gasteiger partial charge < -0.3 is 0 Å². The molecule has 11 heavy (non-hydrogen) atoms. The first-order valence-corrected chi connectivity index (χ1v) is 4.33. The van der Waals surface area contributed by atoms with Crippen LogP contribution >= 0.6 is 0 Å². The van der Waals surface area contributed by atoms with Gasteiger partial charge in [-0.1, -0.05) is 19.9 Å². The van der Waals surface area contributed by atoms with Crippen LogP contribution in [0.15, 0.2) is 11.6 Å². The Labute approximate surface area is 68.5 Å². The second kappa shape index (κ2) is 3.21. The number of rotatable bonds is 1. The summed E-state index contributed by atoms with van der Waals surface area (Å²) in [6.07, 6.45) is 3.94. The van der Waals surface area contributed by atoms with Crippen molar-refractivity contribution in [1.29, 1.82) is 0 Å². The summed E-state index contributed by atoms with van der Waals surface area (Å²) in [5, 5.41) is 0. The first-order valence-electron chi connectivity index (χ1n) is 4.33. The minimum atomic E-state index is 0.335. The quantitative estimate of drug-likeness (QED) is 0.564. The van der Waals surface area contributed by atoms with Crippen LogP contribution in [-0.2, 0) is 4.79 Å². The molecule has 1 nitrogen and oxygen atoms in total.